The van der Waals surface area contributed by atoms with Crippen LogP contribution in [0.1, 0.15) is 38.3 Å². The van der Waals surface area contributed by atoms with E-state index in [1.54, 1.807) is 7.05 Å². The highest BCUT2D eigenvalue weighted by atomic mass is 16.5. The van der Waals surface area contributed by atoms with E-state index in [0.717, 1.165) is 63.1 Å². The van der Waals surface area contributed by atoms with Crippen LogP contribution in [0.2, 0.25) is 0 Å². The molecule has 0 spiro atoms. The summed E-state index contributed by atoms with van der Waals surface area (Å²) in [6, 6.07) is 6.34. The lowest BCUT2D eigenvalue weighted by atomic mass is 10.0. The van der Waals surface area contributed by atoms with E-state index in [4.69, 9.17) is 9.47 Å². The minimum absolute atomic E-state index is 0.0423. The summed E-state index contributed by atoms with van der Waals surface area (Å²) in [7, 11) is 1.81. The molecule has 0 amide bonds. The monoisotopic (exact) mass is 376 g/mol. The number of benzene rings is 1. The van der Waals surface area contributed by atoms with Crippen LogP contribution in [0.25, 0.3) is 0 Å². The smallest absolute Gasteiger partial charge is 0.191 e. The van der Waals surface area contributed by atoms with Crippen LogP contribution >= 0.6 is 0 Å². The molecule has 0 radical (unpaired) electrons. The second kappa shape index (κ2) is 10.5. The maximum absolute atomic E-state index is 5.91. The largest absolute Gasteiger partial charge is 0.493 e. The highest BCUT2D eigenvalue weighted by molar-refractivity contribution is 5.79. The van der Waals surface area contributed by atoms with Crippen LogP contribution in [0.3, 0.4) is 0 Å². The van der Waals surface area contributed by atoms with Crippen molar-refractivity contribution < 1.29 is 9.47 Å². The van der Waals surface area contributed by atoms with E-state index >= 15 is 0 Å². The standard InChI is InChI=1S/C21H36N4O2/c1-6-11-27-19-14-17(2)7-8-18(19)15-23-20(22-5)24-16-21(3,4)25-9-12-26-13-10-25/h7-8,14H,6,9-13,15-16H2,1-5H3,(H2,22,23,24). The minimum atomic E-state index is 0.0423. The van der Waals surface area contributed by atoms with Crippen molar-refractivity contribution in [3.8, 4) is 5.75 Å². The van der Waals surface area contributed by atoms with Crippen molar-refractivity contribution in [1.29, 1.82) is 0 Å². The number of aryl methyl sites for hydroxylation is 1. The van der Waals surface area contributed by atoms with E-state index < -0.39 is 0 Å². The molecule has 2 N–H and O–H groups in total. The third-order valence-electron chi connectivity index (χ3n) is 4.91. The predicted molar refractivity (Wildman–Crippen MR) is 112 cm³/mol. The average molecular weight is 377 g/mol. The molecule has 152 valence electrons. The molecule has 2 rings (SSSR count). The van der Waals surface area contributed by atoms with Gasteiger partial charge in [-0.05, 0) is 38.8 Å². The maximum Gasteiger partial charge on any atom is 0.191 e. The average Bonchev–Trinajstić information content (AvgIpc) is 2.68. The Bertz CT molecular complexity index is 610. The van der Waals surface area contributed by atoms with Crippen LogP contribution in [0, 0.1) is 6.92 Å². The topological polar surface area (TPSA) is 58.1 Å². The molecular weight excluding hydrogens is 340 g/mol. The minimum Gasteiger partial charge on any atom is -0.493 e. The molecule has 6 nitrogen and oxygen atoms in total. The number of guanidine groups is 1. The Labute approximate surface area is 164 Å². The summed E-state index contributed by atoms with van der Waals surface area (Å²) in [6.45, 7) is 14.5. The van der Waals surface area contributed by atoms with Gasteiger partial charge in [-0.1, -0.05) is 19.1 Å². The summed E-state index contributed by atoms with van der Waals surface area (Å²) in [5.41, 5.74) is 2.39. The molecule has 27 heavy (non-hydrogen) atoms. The van der Waals surface area contributed by atoms with Gasteiger partial charge >= 0.3 is 0 Å². The first-order chi connectivity index (χ1) is 13.0. The third-order valence-corrected chi connectivity index (χ3v) is 4.91. The fourth-order valence-corrected chi connectivity index (χ4v) is 3.13. The zero-order valence-electron chi connectivity index (χ0n) is 17.6. The number of nitrogens with zero attached hydrogens (tertiary/aromatic N) is 2. The van der Waals surface area contributed by atoms with Crippen LogP contribution in [-0.2, 0) is 11.3 Å². The quantitative estimate of drug-likeness (QED) is 0.539. The normalized spacial score (nSPS) is 16.3. The summed E-state index contributed by atoms with van der Waals surface area (Å²) in [5.74, 6) is 1.76. The van der Waals surface area contributed by atoms with E-state index in [9.17, 15) is 0 Å². The van der Waals surface area contributed by atoms with Crippen molar-refractivity contribution in [2.24, 2.45) is 4.99 Å². The molecule has 0 saturated carbocycles. The van der Waals surface area contributed by atoms with Crippen LogP contribution in [0.5, 0.6) is 5.75 Å². The molecule has 1 aliphatic heterocycles. The van der Waals surface area contributed by atoms with Crippen LogP contribution in [-0.4, -0.2) is 62.9 Å². The van der Waals surface area contributed by atoms with Gasteiger partial charge < -0.3 is 20.1 Å². The number of hydrogen-bond donors (Lipinski definition) is 2. The molecule has 1 saturated heterocycles. The lowest BCUT2D eigenvalue weighted by molar-refractivity contribution is -0.00834. The predicted octanol–water partition coefficient (Wildman–Crippen LogP) is 2.56. The first-order valence-corrected chi connectivity index (χ1v) is 9.96. The summed E-state index contributed by atoms with van der Waals surface area (Å²) in [6.07, 6.45) is 1.00. The lowest BCUT2D eigenvalue weighted by Crippen LogP contribution is -2.56. The van der Waals surface area contributed by atoms with E-state index in [1.165, 1.54) is 5.56 Å². The number of aliphatic imine (C=N–C) groups is 1. The van der Waals surface area contributed by atoms with Gasteiger partial charge in [-0.2, -0.15) is 0 Å². The number of rotatable bonds is 8. The molecular formula is C21H36N4O2. The van der Waals surface area contributed by atoms with Gasteiger partial charge in [0.05, 0.1) is 19.8 Å². The molecule has 1 fully saturated rings. The summed E-state index contributed by atoms with van der Waals surface area (Å²) in [4.78, 5) is 6.84. The van der Waals surface area contributed by atoms with Crippen molar-refractivity contribution in [1.82, 2.24) is 15.5 Å². The van der Waals surface area contributed by atoms with Crippen molar-refractivity contribution in [2.75, 3.05) is 46.5 Å². The fourth-order valence-electron chi connectivity index (χ4n) is 3.13. The van der Waals surface area contributed by atoms with Gasteiger partial charge in [-0.3, -0.25) is 9.89 Å². The molecule has 0 unspecified atom stereocenters. The molecule has 1 heterocycles. The fraction of sp³-hybridized carbons (Fsp3) is 0.667. The molecule has 0 aromatic heterocycles. The SMILES string of the molecule is CCCOc1cc(C)ccc1CNC(=NC)NCC(C)(C)N1CCOCC1. The van der Waals surface area contributed by atoms with Crippen LogP contribution in [0.4, 0.5) is 0 Å². The van der Waals surface area contributed by atoms with E-state index in [-0.39, 0.29) is 5.54 Å². The van der Waals surface area contributed by atoms with Gasteiger partial charge in [0, 0.05) is 44.3 Å². The lowest BCUT2D eigenvalue weighted by Gasteiger charge is -2.41. The Balaban J connectivity index is 1.90. The highest BCUT2D eigenvalue weighted by Crippen LogP contribution is 2.20. The number of morpholine rings is 1. The molecule has 1 aromatic carbocycles. The summed E-state index contributed by atoms with van der Waals surface area (Å²) in [5, 5.41) is 6.88. The Morgan fingerprint density at radius 2 is 2.00 bits per heavy atom. The van der Waals surface area contributed by atoms with Gasteiger partial charge in [0.25, 0.3) is 0 Å². The molecule has 0 bridgehead atoms. The Kier molecular flexibility index (Phi) is 8.38. The Hall–Kier alpha value is -1.79. The zero-order valence-corrected chi connectivity index (χ0v) is 17.6. The van der Waals surface area contributed by atoms with Gasteiger partial charge in [-0.25, -0.2) is 0 Å². The number of nitrogens with one attached hydrogen (secondary N) is 2. The first kappa shape index (κ1) is 21.5. The summed E-state index contributed by atoms with van der Waals surface area (Å²) < 4.78 is 11.4. The van der Waals surface area contributed by atoms with Crippen molar-refractivity contribution in [2.45, 2.75) is 46.2 Å². The van der Waals surface area contributed by atoms with Gasteiger partial charge in [0.1, 0.15) is 5.75 Å². The van der Waals surface area contributed by atoms with Crippen molar-refractivity contribution in [3.05, 3.63) is 29.3 Å². The first-order valence-electron chi connectivity index (χ1n) is 9.96. The van der Waals surface area contributed by atoms with Crippen molar-refractivity contribution >= 4 is 5.96 Å². The number of hydrogen-bond acceptors (Lipinski definition) is 4. The Morgan fingerprint density at radius 3 is 2.67 bits per heavy atom. The van der Waals surface area contributed by atoms with Crippen molar-refractivity contribution in [3.63, 3.8) is 0 Å². The Morgan fingerprint density at radius 1 is 1.26 bits per heavy atom. The van der Waals surface area contributed by atoms with Gasteiger partial charge in [0.2, 0.25) is 0 Å². The van der Waals surface area contributed by atoms with Crippen LogP contribution in [0.15, 0.2) is 23.2 Å². The third kappa shape index (κ3) is 6.70. The molecule has 6 heteroatoms. The van der Waals surface area contributed by atoms with Gasteiger partial charge in [0.15, 0.2) is 5.96 Å². The highest BCUT2D eigenvalue weighted by Gasteiger charge is 2.28. The van der Waals surface area contributed by atoms with E-state index in [2.05, 4.69) is 66.4 Å². The zero-order chi connectivity index (χ0) is 19.7. The molecule has 0 aliphatic carbocycles. The van der Waals surface area contributed by atoms with Crippen LogP contribution < -0.4 is 15.4 Å². The molecule has 1 aromatic rings. The van der Waals surface area contributed by atoms with Gasteiger partial charge in [-0.15, -0.1) is 0 Å². The maximum atomic E-state index is 5.91. The second-order valence-electron chi connectivity index (χ2n) is 7.65. The van der Waals surface area contributed by atoms with E-state index in [1.807, 2.05) is 0 Å². The number of ether oxygens (including phenoxy) is 2. The molecule has 0 atom stereocenters. The summed E-state index contributed by atoms with van der Waals surface area (Å²) >= 11 is 0. The second-order valence-corrected chi connectivity index (χ2v) is 7.65. The molecule has 1 aliphatic rings. The van der Waals surface area contributed by atoms with E-state index in [0.29, 0.717) is 6.54 Å².